The summed E-state index contributed by atoms with van der Waals surface area (Å²) in [7, 11) is 0. The first-order chi connectivity index (χ1) is 3.98. The van der Waals surface area contributed by atoms with Crippen LogP contribution < -0.4 is 0 Å². The molecule has 0 aromatic rings. The molecular formula is C8H17O. The summed E-state index contributed by atoms with van der Waals surface area (Å²) in [5.74, 6) is 0.535. The molecule has 1 nitrogen and oxygen atoms in total. The molecule has 0 fully saturated rings. The largest absolute Gasteiger partial charge is 0.230 e. The van der Waals surface area contributed by atoms with E-state index in [1.165, 1.54) is 0 Å². The van der Waals surface area contributed by atoms with Crippen molar-refractivity contribution < 1.29 is 5.11 Å². The second-order valence-electron chi connectivity index (χ2n) is 3.40. The van der Waals surface area contributed by atoms with Crippen molar-refractivity contribution in [2.24, 2.45) is 5.92 Å². The highest BCUT2D eigenvalue weighted by Crippen LogP contribution is 2.19. The van der Waals surface area contributed by atoms with Gasteiger partial charge in [-0.25, -0.2) is 5.11 Å². The summed E-state index contributed by atoms with van der Waals surface area (Å²) in [6.45, 7) is 7.92. The Morgan fingerprint density at radius 1 is 1.44 bits per heavy atom. The number of rotatable bonds is 3. The Kier molecular flexibility index (Phi) is 3.20. The van der Waals surface area contributed by atoms with Crippen LogP contribution in [0.15, 0.2) is 0 Å². The van der Waals surface area contributed by atoms with Gasteiger partial charge in [0.25, 0.3) is 0 Å². The van der Waals surface area contributed by atoms with Gasteiger partial charge < -0.3 is 0 Å². The molecule has 0 aromatic heterocycles. The summed E-state index contributed by atoms with van der Waals surface area (Å²) >= 11 is 0. The lowest BCUT2D eigenvalue weighted by atomic mass is 9.92. The number of hydrogen-bond acceptors (Lipinski definition) is 0. The molecule has 1 heteroatoms. The molecule has 1 unspecified atom stereocenters. The monoisotopic (exact) mass is 129 g/mol. The third kappa shape index (κ3) is 4.46. The maximum absolute atomic E-state index is 11.3. The predicted octanol–water partition coefficient (Wildman–Crippen LogP) is 2.63. The molecule has 0 bridgehead atoms. The van der Waals surface area contributed by atoms with Gasteiger partial charge in [-0.1, -0.05) is 20.8 Å². The molecular weight excluding hydrogens is 112 g/mol. The summed E-state index contributed by atoms with van der Waals surface area (Å²) < 4.78 is 0. The average Bonchev–Trinajstić information content (AvgIpc) is 1.63. The van der Waals surface area contributed by atoms with E-state index in [2.05, 4.69) is 13.8 Å². The summed E-state index contributed by atoms with van der Waals surface area (Å²) in [5.41, 5.74) is -0.686. The Hall–Kier alpha value is -0.0400. The minimum atomic E-state index is -0.686. The highest BCUT2D eigenvalue weighted by molar-refractivity contribution is 4.70. The van der Waals surface area contributed by atoms with E-state index in [4.69, 9.17) is 0 Å². The van der Waals surface area contributed by atoms with E-state index in [0.717, 1.165) is 12.8 Å². The SMILES string of the molecule is CCC(C)([O])CC(C)C. The third-order valence-electron chi connectivity index (χ3n) is 1.59. The highest BCUT2D eigenvalue weighted by Gasteiger charge is 2.20. The Balaban J connectivity index is 3.58. The Morgan fingerprint density at radius 2 is 1.89 bits per heavy atom. The van der Waals surface area contributed by atoms with Gasteiger partial charge >= 0.3 is 0 Å². The van der Waals surface area contributed by atoms with E-state index in [0.29, 0.717) is 5.92 Å². The molecule has 0 amide bonds. The van der Waals surface area contributed by atoms with Gasteiger partial charge in [0, 0.05) is 0 Å². The van der Waals surface area contributed by atoms with Gasteiger partial charge in [0.15, 0.2) is 0 Å². The quantitative estimate of drug-likeness (QED) is 0.558. The lowest BCUT2D eigenvalue weighted by Gasteiger charge is -2.19. The third-order valence-corrected chi connectivity index (χ3v) is 1.59. The maximum Gasteiger partial charge on any atom is 0.101 e. The predicted molar refractivity (Wildman–Crippen MR) is 38.8 cm³/mol. The summed E-state index contributed by atoms with van der Waals surface area (Å²) in [4.78, 5) is 0. The van der Waals surface area contributed by atoms with Gasteiger partial charge in [-0.15, -0.1) is 0 Å². The summed E-state index contributed by atoms with van der Waals surface area (Å²) in [5, 5.41) is 11.3. The lowest BCUT2D eigenvalue weighted by Crippen LogP contribution is -2.22. The average molecular weight is 129 g/mol. The van der Waals surface area contributed by atoms with E-state index in [-0.39, 0.29) is 0 Å². The van der Waals surface area contributed by atoms with Crippen LogP contribution in [0.2, 0.25) is 0 Å². The van der Waals surface area contributed by atoms with Crippen LogP contribution in [0.3, 0.4) is 0 Å². The van der Waals surface area contributed by atoms with Crippen LogP contribution in [-0.2, 0) is 5.11 Å². The molecule has 1 atom stereocenters. The van der Waals surface area contributed by atoms with E-state index < -0.39 is 5.60 Å². The van der Waals surface area contributed by atoms with E-state index in [9.17, 15) is 5.11 Å². The van der Waals surface area contributed by atoms with Crippen molar-refractivity contribution in [1.82, 2.24) is 0 Å². The van der Waals surface area contributed by atoms with Crippen LogP contribution in [-0.4, -0.2) is 5.60 Å². The minimum Gasteiger partial charge on any atom is -0.230 e. The zero-order valence-corrected chi connectivity index (χ0v) is 6.90. The second kappa shape index (κ2) is 3.21. The van der Waals surface area contributed by atoms with Gasteiger partial charge in [-0.2, -0.15) is 0 Å². The molecule has 1 radical (unpaired) electrons. The summed E-state index contributed by atoms with van der Waals surface area (Å²) in [6, 6.07) is 0. The van der Waals surface area contributed by atoms with Crippen LogP contribution in [0.1, 0.15) is 40.5 Å². The van der Waals surface area contributed by atoms with Crippen molar-refractivity contribution in [1.29, 1.82) is 0 Å². The van der Waals surface area contributed by atoms with Crippen LogP contribution in [0.25, 0.3) is 0 Å². The zero-order chi connectivity index (χ0) is 7.49. The first-order valence-corrected chi connectivity index (χ1v) is 3.68. The van der Waals surface area contributed by atoms with Crippen LogP contribution in [0.5, 0.6) is 0 Å². The van der Waals surface area contributed by atoms with Gasteiger partial charge in [0.1, 0.15) is 5.60 Å². The van der Waals surface area contributed by atoms with Crippen molar-refractivity contribution in [3.8, 4) is 0 Å². The summed E-state index contributed by atoms with van der Waals surface area (Å²) in [6.07, 6.45) is 1.54. The fourth-order valence-electron chi connectivity index (χ4n) is 1.01. The van der Waals surface area contributed by atoms with E-state index in [1.54, 1.807) is 6.92 Å². The molecule has 0 aromatic carbocycles. The smallest absolute Gasteiger partial charge is 0.101 e. The first kappa shape index (κ1) is 8.96. The molecule has 0 spiro atoms. The molecule has 0 aliphatic rings. The molecule has 9 heavy (non-hydrogen) atoms. The van der Waals surface area contributed by atoms with Gasteiger partial charge in [-0.3, -0.25) is 0 Å². The van der Waals surface area contributed by atoms with E-state index in [1.807, 2.05) is 6.92 Å². The fraction of sp³-hybridized carbons (Fsp3) is 1.00. The molecule has 0 aliphatic carbocycles. The normalized spacial score (nSPS) is 18.0. The molecule has 55 valence electrons. The van der Waals surface area contributed by atoms with Crippen molar-refractivity contribution in [2.45, 2.75) is 46.1 Å². The first-order valence-electron chi connectivity index (χ1n) is 3.68. The molecule has 0 aliphatic heterocycles. The van der Waals surface area contributed by atoms with Crippen molar-refractivity contribution >= 4 is 0 Å². The molecule has 0 saturated heterocycles. The second-order valence-corrected chi connectivity index (χ2v) is 3.40. The Labute approximate surface area is 58.1 Å². The molecule has 0 saturated carbocycles. The standard InChI is InChI=1S/C8H17O/c1-5-8(4,9)6-7(2)3/h7H,5-6H2,1-4H3. The van der Waals surface area contributed by atoms with Crippen molar-refractivity contribution in [2.75, 3.05) is 0 Å². The zero-order valence-electron chi connectivity index (χ0n) is 6.90. The Morgan fingerprint density at radius 3 is 2.00 bits per heavy atom. The van der Waals surface area contributed by atoms with Crippen LogP contribution in [0, 0.1) is 5.92 Å². The Bertz CT molecular complexity index is 74.6. The van der Waals surface area contributed by atoms with Crippen molar-refractivity contribution in [3.05, 3.63) is 0 Å². The molecule has 0 heterocycles. The highest BCUT2D eigenvalue weighted by atomic mass is 16.3. The lowest BCUT2D eigenvalue weighted by molar-refractivity contribution is -0.0324. The fourth-order valence-corrected chi connectivity index (χ4v) is 1.01. The maximum atomic E-state index is 11.3. The van der Waals surface area contributed by atoms with Crippen molar-refractivity contribution in [3.63, 3.8) is 0 Å². The van der Waals surface area contributed by atoms with Gasteiger partial charge in [0.05, 0.1) is 0 Å². The topological polar surface area (TPSA) is 19.9 Å². The van der Waals surface area contributed by atoms with Gasteiger partial charge in [-0.05, 0) is 25.7 Å². The van der Waals surface area contributed by atoms with Gasteiger partial charge in [0.2, 0.25) is 0 Å². The molecule has 0 rings (SSSR count). The van der Waals surface area contributed by atoms with Crippen LogP contribution >= 0.6 is 0 Å². The van der Waals surface area contributed by atoms with Crippen LogP contribution in [0.4, 0.5) is 0 Å². The molecule has 0 N–H and O–H groups in total. The number of hydrogen-bond donors (Lipinski definition) is 0. The minimum absolute atomic E-state index is 0.535. The van der Waals surface area contributed by atoms with E-state index >= 15 is 0 Å².